The Morgan fingerprint density at radius 2 is 1.94 bits per heavy atom. The van der Waals surface area contributed by atoms with Crippen molar-refractivity contribution in [2.45, 2.75) is 38.5 Å². The molecule has 0 unspecified atom stereocenters. The summed E-state index contributed by atoms with van der Waals surface area (Å²) in [5.74, 6) is 0.454. The van der Waals surface area contributed by atoms with E-state index in [4.69, 9.17) is 16.3 Å². The molecule has 0 spiro atoms. The molecule has 1 amide bonds. The predicted octanol–water partition coefficient (Wildman–Crippen LogP) is 5.54. The van der Waals surface area contributed by atoms with Gasteiger partial charge in [-0.05, 0) is 80.1 Å². The Balaban J connectivity index is 1.54. The SMILES string of the molecule is COc1ccc2c(c1)c(CC(=O)NCCC1=CCCCC1)cn2C(=O)c1ccc(Cl)cc1. The number of carbonyl (C=O) groups excluding carboxylic acids is 2. The summed E-state index contributed by atoms with van der Waals surface area (Å²) in [4.78, 5) is 25.8. The Bertz CT molecular complexity index is 1160. The van der Waals surface area contributed by atoms with Crippen LogP contribution in [0.15, 0.2) is 60.3 Å². The van der Waals surface area contributed by atoms with Gasteiger partial charge in [0.2, 0.25) is 5.91 Å². The van der Waals surface area contributed by atoms with Crippen LogP contribution in [0.4, 0.5) is 0 Å². The van der Waals surface area contributed by atoms with Crippen molar-refractivity contribution in [2.75, 3.05) is 13.7 Å². The number of hydrogen-bond acceptors (Lipinski definition) is 3. The molecule has 0 saturated carbocycles. The smallest absolute Gasteiger partial charge is 0.262 e. The van der Waals surface area contributed by atoms with Crippen molar-refractivity contribution in [1.82, 2.24) is 9.88 Å². The molecule has 4 rings (SSSR count). The lowest BCUT2D eigenvalue weighted by Crippen LogP contribution is -2.26. The van der Waals surface area contributed by atoms with Gasteiger partial charge in [0.05, 0.1) is 19.0 Å². The predicted molar refractivity (Wildman–Crippen MR) is 128 cm³/mol. The van der Waals surface area contributed by atoms with Crippen molar-refractivity contribution in [2.24, 2.45) is 0 Å². The molecular formula is C26H27ClN2O3. The minimum atomic E-state index is -0.173. The average Bonchev–Trinajstić information content (AvgIpc) is 3.17. The highest BCUT2D eigenvalue weighted by molar-refractivity contribution is 6.30. The zero-order valence-corrected chi connectivity index (χ0v) is 19.0. The van der Waals surface area contributed by atoms with Crippen LogP contribution >= 0.6 is 11.6 Å². The molecule has 0 bridgehead atoms. The fourth-order valence-electron chi connectivity index (χ4n) is 4.17. The summed E-state index contributed by atoms with van der Waals surface area (Å²) >= 11 is 5.96. The standard InChI is InChI=1S/C26H27ClN2O3/c1-32-22-11-12-24-23(16-22)20(15-25(30)28-14-13-18-5-3-2-4-6-18)17-29(24)26(31)19-7-9-21(27)10-8-19/h5,7-12,16-17H,2-4,6,13-15H2,1H3,(H,28,30). The summed E-state index contributed by atoms with van der Waals surface area (Å²) in [6, 6.07) is 12.3. The van der Waals surface area contributed by atoms with Crippen LogP contribution in [-0.4, -0.2) is 30.0 Å². The summed E-state index contributed by atoms with van der Waals surface area (Å²) < 4.78 is 6.96. The molecule has 1 heterocycles. The van der Waals surface area contributed by atoms with Gasteiger partial charge in [0.1, 0.15) is 5.75 Å². The lowest BCUT2D eigenvalue weighted by molar-refractivity contribution is -0.120. The molecule has 0 saturated heterocycles. The van der Waals surface area contributed by atoms with E-state index in [-0.39, 0.29) is 18.2 Å². The highest BCUT2D eigenvalue weighted by Gasteiger charge is 2.18. The van der Waals surface area contributed by atoms with Gasteiger partial charge < -0.3 is 10.1 Å². The number of hydrogen-bond donors (Lipinski definition) is 1. The third kappa shape index (κ3) is 5.05. The normalized spacial score (nSPS) is 13.6. The van der Waals surface area contributed by atoms with Gasteiger partial charge in [-0.25, -0.2) is 0 Å². The number of nitrogens with zero attached hydrogens (tertiary/aromatic N) is 1. The first-order valence-electron chi connectivity index (χ1n) is 11.0. The molecule has 3 aromatic rings. The molecule has 0 radical (unpaired) electrons. The van der Waals surface area contributed by atoms with Crippen LogP contribution in [0.25, 0.3) is 10.9 Å². The highest BCUT2D eigenvalue weighted by atomic mass is 35.5. The van der Waals surface area contributed by atoms with Crippen LogP contribution in [0.5, 0.6) is 5.75 Å². The van der Waals surface area contributed by atoms with Gasteiger partial charge in [-0.2, -0.15) is 0 Å². The molecule has 1 N–H and O–H groups in total. The molecule has 1 aliphatic rings. The van der Waals surface area contributed by atoms with Crippen molar-refractivity contribution >= 4 is 34.3 Å². The van der Waals surface area contributed by atoms with Crippen LogP contribution in [0, 0.1) is 0 Å². The second-order valence-corrected chi connectivity index (χ2v) is 8.54. The number of fused-ring (bicyclic) bond motifs is 1. The average molecular weight is 451 g/mol. The van der Waals surface area contributed by atoms with Crippen LogP contribution < -0.4 is 10.1 Å². The van der Waals surface area contributed by atoms with E-state index in [2.05, 4.69) is 11.4 Å². The molecule has 0 atom stereocenters. The van der Waals surface area contributed by atoms with Gasteiger partial charge >= 0.3 is 0 Å². The molecule has 0 fully saturated rings. The van der Waals surface area contributed by atoms with E-state index in [1.165, 1.54) is 18.4 Å². The van der Waals surface area contributed by atoms with Crippen molar-refractivity contribution < 1.29 is 14.3 Å². The molecule has 166 valence electrons. The molecule has 5 nitrogen and oxygen atoms in total. The summed E-state index contributed by atoms with van der Waals surface area (Å²) in [6.45, 7) is 0.635. The fraction of sp³-hybridized carbons (Fsp3) is 0.308. The van der Waals surface area contributed by atoms with Crippen LogP contribution in [0.2, 0.25) is 5.02 Å². The second kappa shape index (κ2) is 10.0. The number of rotatable bonds is 7. The van der Waals surface area contributed by atoms with Crippen LogP contribution in [0.1, 0.15) is 48.0 Å². The zero-order chi connectivity index (χ0) is 22.5. The number of allylic oxidation sites excluding steroid dienone is 1. The van der Waals surface area contributed by atoms with E-state index >= 15 is 0 Å². The lowest BCUT2D eigenvalue weighted by atomic mass is 9.97. The molecular weight excluding hydrogens is 424 g/mol. The molecule has 6 heteroatoms. The molecule has 0 aliphatic heterocycles. The first-order chi connectivity index (χ1) is 15.5. The maximum atomic E-state index is 13.2. The number of methoxy groups -OCH3 is 1. The number of aromatic nitrogens is 1. The first kappa shape index (κ1) is 22.2. The van der Waals surface area contributed by atoms with E-state index in [0.717, 1.165) is 35.7 Å². The van der Waals surface area contributed by atoms with Gasteiger partial charge in [0, 0.05) is 28.7 Å². The summed E-state index contributed by atoms with van der Waals surface area (Å²) in [6.07, 6.45) is 9.94. The van der Waals surface area contributed by atoms with Crippen molar-refractivity contribution in [1.29, 1.82) is 0 Å². The van der Waals surface area contributed by atoms with Crippen molar-refractivity contribution in [3.8, 4) is 5.75 Å². The Labute approximate surface area is 193 Å². The van der Waals surface area contributed by atoms with Gasteiger partial charge in [0.25, 0.3) is 5.91 Å². The number of carbonyl (C=O) groups is 2. The third-order valence-electron chi connectivity index (χ3n) is 5.91. The Morgan fingerprint density at radius 3 is 2.66 bits per heavy atom. The van der Waals surface area contributed by atoms with Gasteiger partial charge in [0.15, 0.2) is 0 Å². The Morgan fingerprint density at radius 1 is 1.12 bits per heavy atom. The molecule has 32 heavy (non-hydrogen) atoms. The van der Waals surface area contributed by atoms with E-state index < -0.39 is 0 Å². The van der Waals surface area contributed by atoms with Gasteiger partial charge in [-0.15, -0.1) is 0 Å². The minimum Gasteiger partial charge on any atom is -0.497 e. The quantitative estimate of drug-likeness (QED) is 0.480. The lowest BCUT2D eigenvalue weighted by Gasteiger charge is -2.12. The summed E-state index contributed by atoms with van der Waals surface area (Å²) in [5.41, 5.74) is 3.49. The second-order valence-electron chi connectivity index (χ2n) is 8.10. The van der Waals surface area contributed by atoms with E-state index in [1.54, 1.807) is 42.1 Å². The fourth-order valence-corrected chi connectivity index (χ4v) is 4.30. The first-order valence-corrected chi connectivity index (χ1v) is 11.4. The summed E-state index contributed by atoms with van der Waals surface area (Å²) in [7, 11) is 1.60. The van der Waals surface area contributed by atoms with E-state index in [0.29, 0.717) is 22.9 Å². The highest BCUT2D eigenvalue weighted by Crippen LogP contribution is 2.27. The van der Waals surface area contributed by atoms with E-state index in [9.17, 15) is 9.59 Å². The number of ether oxygens (including phenoxy) is 1. The Hall–Kier alpha value is -3.05. The maximum absolute atomic E-state index is 13.2. The van der Waals surface area contributed by atoms with E-state index in [1.807, 2.05) is 18.2 Å². The number of nitrogens with one attached hydrogen (secondary N) is 1. The Kier molecular flexibility index (Phi) is 6.96. The maximum Gasteiger partial charge on any atom is 0.262 e. The number of amides is 1. The molecule has 1 aliphatic carbocycles. The number of halogens is 1. The van der Waals surface area contributed by atoms with Gasteiger partial charge in [-0.1, -0.05) is 23.3 Å². The zero-order valence-electron chi connectivity index (χ0n) is 18.2. The monoisotopic (exact) mass is 450 g/mol. The molecule has 2 aromatic carbocycles. The number of benzene rings is 2. The van der Waals surface area contributed by atoms with Crippen molar-refractivity contribution in [3.63, 3.8) is 0 Å². The third-order valence-corrected chi connectivity index (χ3v) is 6.16. The summed E-state index contributed by atoms with van der Waals surface area (Å²) in [5, 5.41) is 4.43. The van der Waals surface area contributed by atoms with Gasteiger partial charge in [-0.3, -0.25) is 14.2 Å². The molecule has 1 aromatic heterocycles. The van der Waals surface area contributed by atoms with Crippen molar-refractivity contribution in [3.05, 3.63) is 76.5 Å². The topological polar surface area (TPSA) is 60.3 Å². The largest absolute Gasteiger partial charge is 0.497 e. The van der Waals surface area contributed by atoms with Crippen LogP contribution in [-0.2, 0) is 11.2 Å². The van der Waals surface area contributed by atoms with Crippen LogP contribution in [0.3, 0.4) is 0 Å². The minimum absolute atomic E-state index is 0.0535.